The van der Waals surface area contributed by atoms with Gasteiger partial charge in [0.25, 0.3) is 5.91 Å². The van der Waals surface area contributed by atoms with Crippen molar-refractivity contribution >= 4 is 29.0 Å². The molecular weight excluding hydrogens is 518 g/mol. The third-order valence-corrected chi connectivity index (χ3v) is 8.64. The zero-order valence-electron chi connectivity index (χ0n) is 22.7. The average molecular weight is 558 g/mol. The molecule has 2 saturated carbocycles. The van der Waals surface area contributed by atoms with E-state index in [0.29, 0.717) is 29.3 Å². The van der Waals surface area contributed by atoms with E-state index in [4.69, 9.17) is 15.2 Å². The molecule has 0 radical (unpaired) electrons. The number of hydrogen-bond donors (Lipinski definition) is 4. The summed E-state index contributed by atoms with van der Waals surface area (Å²) in [6.07, 6.45) is 6.82. The zero-order valence-corrected chi connectivity index (χ0v) is 22.7. The normalized spacial score (nSPS) is 27.9. The molecule has 6 rings (SSSR count). The summed E-state index contributed by atoms with van der Waals surface area (Å²) in [5.41, 5.74) is 6.95. The highest BCUT2D eigenvalue weighted by molar-refractivity contribution is 5.83. The molecule has 0 bridgehead atoms. The van der Waals surface area contributed by atoms with Gasteiger partial charge in [-0.15, -0.1) is 0 Å². The standard InChI is InChI=1S/C27H39N7O6/c28-23-19-24(34(14-29-19)26-21(36)20(35)22(40-26)25(37)30-16-8-9-16)32-18(31-23)7-3-4-15-10-12-33(13-11-15)27(38)39-17-5-1-2-6-17/h14-17,20-22,26,35-36H,1-13H2,(H,30,37)(H2,28,31,32)/t20-,21?,22+,26-/m1/s1. The van der Waals surface area contributed by atoms with Crippen LogP contribution in [0.5, 0.6) is 0 Å². The van der Waals surface area contributed by atoms with Crippen LogP contribution in [0, 0.1) is 5.92 Å². The number of nitrogen functional groups attached to an aromatic ring is 1. The SMILES string of the molecule is Nc1nc(CCCC2CCN(C(=O)OC3CCCC3)CC2)nc2c1ncn2[C@@H]1O[C@H](C(=O)NC2CC2)[C@H](O)C1O. The van der Waals surface area contributed by atoms with Gasteiger partial charge in [0.15, 0.2) is 23.8 Å². The van der Waals surface area contributed by atoms with Crippen LogP contribution in [0.1, 0.15) is 76.3 Å². The number of hydrogen-bond acceptors (Lipinski definition) is 10. The maximum atomic E-state index is 12.5. The fraction of sp³-hybridized carbons (Fsp3) is 0.741. The molecule has 2 aliphatic carbocycles. The minimum Gasteiger partial charge on any atom is -0.446 e. The van der Waals surface area contributed by atoms with Crippen molar-refractivity contribution in [3.63, 3.8) is 0 Å². The Labute approximate surface area is 232 Å². The molecule has 2 aromatic heterocycles. The number of likely N-dealkylation sites (tertiary alicyclic amines) is 1. The zero-order chi connectivity index (χ0) is 27.8. The van der Waals surface area contributed by atoms with Crippen LogP contribution >= 0.6 is 0 Å². The molecule has 13 heteroatoms. The lowest BCUT2D eigenvalue weighted by Gasteiger charge is -2.32. The summed E-state index contributed by atoms with van der Waals surface area (Å²) in [6.45, 7) is 1.44. The highest BCUT2D eigenvalue weighted by Crippen LogP contribution is 2.33. The summed E-state index contributed by atoms with van der Waals surface area (Å²) >= 11 is 0. The molecule has 1 unspecified atom stereocenters. The summed E-state index contributed by atoms with van der Waals surface area (Å²) in [5, 5.41) is 24.0. The number of fused-ring (bicyclic) bond motifs is 1. The molecule has 4 aliphatic rings. The lowest BCUT2D eigenvalue weighted by Crippen LogP contribution is -2.43. The van der Waals surface area contributed by atoms with Crippen molar-refractivity contribution in [2.75, 3.05) is 18.8 Å². The van der Waals surface area contributed by atoms with Gasteiger partial charge in [-0.25, -0.2) is 19.7 Å². The van der Waals surface area contributed by atoms with Gasteiger partial charge in [-0.05, 0) is 70.1 Å². The minimum absolute atomic E-state index is 0.0909. The number of aliphatic hydroxyl groups excluding tert-OH is 2. The Morgan fingerprint density at radius 2 is 1.82 bits per heavy atom. The molecule has 4 atom stereocenters. The second-order valence-corrected chi connectivity index (χ2v) is 11.7. The van der Waals surface area contributed by atoms with Crippen LogP contribution in [-0.4, -0.2) is 90.2 Å². The second kappa shape index (κ2) is 11.5. The molecule has 0 spiro atoms. The third-order valence-electron chi connectivity index (χ3n) is 8.64. The largest absolute Gasteiger partial charge is 0.446 e. The average Bonchev–Trinajstić information content (AvgIpc) is 3.29. The molecule has 218 valence electrons. The number of aryl methyl sites for hydroxylation is 1. The molecule has 40 heavy (non-hydrogen) atoms. The van der Waals surface area contributed by atoms with Crippen molar-refractivity contribution in [1.29, 1.82) is 0 Å². The first-order valence-electron chi connectivity index (χ1n) is 14.6. The fourth-order valence-corrected chi connectivity index (χ4v) is 6.08. The van der Waals surface area contributed by atoms with Crippen LogP contribution < -0.4 is 11.1 Å². The Balaban J connectivity index is 1.04. The van der Waals surface area contributed by atoms with Crippen molar-refractivity contribution < 1.29 is 29.3 Å². The number of ether oxygens (including phenoxy) is 2. The lowest BCUT2D eigenvalue weighted by molar-refractivity contribution is -0.137. The molecule has 4 heterocycles. The first-order chi connectivity index (χ1) is 19.4. The van der Waals surface area contributed by atoms with Crippen LogP contribution in [0.4, 0.5) is 10.6 Å². The molecule has 4 fully saturated rings. The monoisotopic (exact) mass is 557 g/mol. The van der Waals surface area contributed by atoms with Crippen molar-refractivity contribution in [1.82, 2.24) is 29.7 Å². The smallest absolute Gasteiger partial charge is 0.410 e. The summed E-state index contributed by atoms with van der Waals surface area (Å²) in [7, 11) is 0. The predicted octanol–water partition coefficient (Wildman–Crippen LogP) is 1.42. The summed E-state index contributed by atoms with van der Waals surface area (Å²) in [5.74, 6) is 0.862. The van der Waals surface area contributed by atoms with Gasteiger partial charge in [0, 0.05) is 25.6 Å². The summed E-state index contributed by atoms with van der Waals surface area (Å²) in [4.78, 5) is 40.2. The van der Waals surface area contributed by atoms with Crippen molar-refractivity contribution in [3.05, 3.63) is 12.2 Å². The van der Waals surface area contributed by atoms with Crippen LogP contribution in [-0.2, 0) is 20.7 Å². The second-order valence-electron chi connectivity index (χ2n) is 11.7. The van der Waals surface area contributed by atoms with Gasteiger partial charge in [-0.2, -0.15) is 0 Å². The Morgan fingerprint density at radius 1 is 1.07 bits per heavy atom. The maximum Gasteiger partial charge on any atom is 0.410 e. The molecule has 2 saturated heterocycles. The fourth-order valence-electron chi connectivity index (χ4n) is 6.08. The number of nitrogens with two attached hydrogens (primary N) is 1. The van der Waals surface area contributed by atoms with E-state index in [0.717, 1.165) is 77.3 Å². The van der Waals surface area contributed by atoms with E-state index in [-0.39, 0.29) is 24.1 Å². The van der Waals surface area contributed by atoms with Crippen LogP contribution in [0.3, 0.4) is 0 Å². The number of aliphatic hydroxyl groups is 2. The maximum absolute atomic E-state index is 12.5. The van der Waals surface area contributed by atoms with Crippen LogP contribution in [0.2, 0.25) is 0 Å². The number of anilines is 1. The van der Waals surface area contributed by atoms with Crippen molar-refractivity contribution in [2.24, 2.45) is 5.92 Å². The van der Waals surface area contributed by atoms with Gasteiger partial charge in [0.05, 0.1) is 6.33 Å². The molecular formula is C27H39N7O6. The van der Waals surface area contributed by atoms with Gasteiger partial charge >= 0.3 is 6.09 Å². The third kappa shape index (κ3) is 5.72. The first-order valence-corrected chi connectivity index (χ1v) is 14.6. The quantitative estimate of drug-likeness (QED) is 0.371. The Hall–Kier alpha value is -3.03. The van der Waals surface area contributed by atoms with Gasteiger partial charge in [0.1, 0.15) is 29.7 Å². The minimum atomic E-state index is -1.38. The number of rotatable bonds is 8. The molecule has 13 nitrogen and oxygen atoms in total. The number of imidazole rings is 1. The van der Waals surface area contributed by atoms with E-state index in [2.05, 4.69) is 20.3 Å². The summed E-state index contributed by atoms with van der Waals surface area (Å²) < 4.78 is 13.0. The number of aromatic nitrogens is 4. The number of carbonyl (C=O) groups is 2. The van der Waals surface area contributed by atoms with Crippen molar-refractivity contribution in [2.45, 2.75) is 107 Å². The predicted molar refractivity (Wildman–Crippen MR) is 143 cm³/mol. The molecule has 5 N–H and O–H groups in total. The van der Waals surface area contributed by atoms with Gasteiger partial charge < -0.3 is 35.6 Å². The lowest BCUT2D eigenvalue weighted by atomic mass is 9.91. The highest BCUT2D eigenvalue weighted by atomic mass is 16.6. The number of nitrogens with zero attached hydrogens (tertiary/aromatic N) is 5. The molecule has 2 aliphatic heterocycles. The van der Waals surface area contributed by atoms with Gasteiger partial charge in [0.2, 0.25) is 0 Å². The van der Waals surface area contributed by atoms with Crippen molar-refractivity contribution in [3.8, 4) is 0 Å². The highest BCUT2D eigenvalue weighted by Gasteiger charge is 2.48. The van der Waals surface area contributed by atoms with E-state index >= 15 is 0 Å². The summed E-state index contributed by atoms with van der Waals surface area (Å²) in [6, 6.07) is 0.106. The van der Waals surface area contributed by atoms with Gasteiger partial charge in [-0.3, -0.25) is 9.36 Å². The number of nitrogens with one attached hydrogen (secondary N) is 1. The van der Waals surface area contributed by atoms with Gasteiger partial charge in [-0.1, -0.05) is 0 Å². The Morgan fingerprint density at radius 3 is 2.55 bits per heavy atom. The van der Waals surface area contributed by atoms with E-state index < -0.39 is 30.4 Å². The van der Waals surface area contributed by atoms with Crippen LogP contribution in [0.15, 0.2) is 6.33 Å². The molecule has 0 aromatic carbocycles. The topological polar surface area (TPSA) is 178 Å². The van der Waals surface area contributed by atoms with E-state index in [1.165, 1.54) is 10.9 Å². The van der Waals surface area contributed by atoms with E-state index in [9.17, 15) is 19.8 Å². The first kappa shape index (κ1) is 27.2. The molecule has 2 aromatic rings. The number of amides is 2. The number of piperidine rings is 1. The van der Waals surface area contributed by atoms with E-state index in [1.807, 2.05) is 4.90 Å². The van der Waals surface area contributed by atoms with Crippen LogP contribution in [0.25, 0.3) is 11.2 Å². The van der Waals surface area contributed by atoms with E-state index in [1.54, 1.807) is 0 Å². The molecule has 2 amide bonds. The number of carbonyl (C=O) groups excluding carboxylic acids is 2. The Bertz CT molecular complexity index is 1220. The Kier molecular flexibility index (Phi) is 7.78.